The lowest BCUT2D eigenvalue weighted by Gasteiger charge is -2.33. The van der Waals surface area contributed by atoms with E-state index in [1.165, 1.54) is 55.6 Å². The normalized spacial score (nSPS) is 24.8. The first kappa shape index (κ1) is 16.0. The monoisotopic (exact) mass is 294 g/mol. The van der Waals surface area contributed by atoms with Crippen molar-refractivity contribution in [1.29, 1.82) is 0 Å². The van der Waals surface area contributed by atoms with Gasteiger partial charge in [0.1, 0.15) is 0 Å². The van der Waals surface area contributed by atoms with Crippen LogP contribution in [0.5, 0.6) is 0 Å². The van der Waals surface area contributed by atoms with Crippen molar-refractivity contribution in [3.63, 3.8) is 0 Å². The SMILES string of the molecule is CCCCC1CCC(C(Cc2nc(C)cs2)NC)CC1. The lowest BCUT2D eigenvalue weighted by Crippen LogP contribution is -2.37. The highest BCUT2D eigenvalue weighted by Crippen LogP contribution is 2.34. The molecule has 0 radical (unpaired) electrons. The van der Waals surface area contributed by atoms with E-state index in [0.29, 0.717) is 6.04 Å². The Labute approximate surface area is 128 Å². The second-order valence-electron chi connectivity index (χ2n) is 6.40. The van der Waals surface area contributed by atoms with Crippen molar-refractivity contribution in [2.24, 2.45) is 11.8 Å². The van der Waals surface area contributed by atoms with Crippen LogP contribution in [0.4, 0.5) is 0 Å². The van der Waals surface area contributed by atoms with Gasteiger partial charge in [0.05, 0.1) is 5.01 Å². The van der Waals surface area contributed by atoms with Crippen molar-refractivity contribution in [2.45, 2.75) is 71.3 Å². The summed E-state index contributed by atoms with van der Waals surface area (Å²) in [5.74, 6) is 1.85. The molecule has 0 aromatic carbocycles. The van der Waals surface area contributed by atoms with Crippen LogP contribution >= 0.6 is 11.3 Å². The Bertz CT molecular complexity index is 380. The summed E-state index contributed by atoms with van der Waals surface area (Å²) >= 11 is 1.82. The number of aromatic nitrogens is 1. The minimum absolute atomic E-state index is 0.618. The zero-order valence-corrected chi connectivity index (χ0v) is 14.1. The van der Waals surface area contributed by atoms with Gasteiger partial charge in [-0.2, -0.15) is 0 Å². The number of nitrogens with zero attached hydrogens (tertiary/aromatic N) is 1. The minimum Gasteiger partial charge on any atom is -0.316 e. The Hall–Kier alpha value is -0.410. The number of hydrogen-bond acceptors (Lipinski definition) is 3. The highest BCUT2D eigenvalue weighted by molar-refractivity contribution is 7.09. The van der Waals surface area contributed by atoms with Crippen molar-refractivity contribution in [2.75, 3.05) is 7.05 Å². The van der Waals surface area contributed by atoms with E-state index in [9.17, 15) is 0 Å². The molecule has 0 amide bonds. The highest BCUT2D eigenvalue weighted by atomic mass is 32.1. The van der Waals surface area contributed by atoms with Gasteiger partial charge in [-0.3, -0.25) is 0 Å². The fraction of sp³-hybridized carbons (Fsp3) is 0.824. The maximum Gasteiger partial charge on any atom is 0.0943 e. The first-order valence-corrected chi connectivity index (χ1v) is 9.19. The molecule has 1 N–H and O–H groups in total. The van der Waals surface area contributed by atoms with E-state index in [0.717, 1.165) is 18.3 Å². The minimum atomic E-state index is 0.618. The first-order chi connectivity index (χ1) is 9.72. The number of thiazole rings is 1. The summed E-state index contributed by atoms with van der Waals surface area (Å²) in [5.41, 5.74) is 1.17. The molecule has 20 heavy (non-hydrogen) atoms. The Morgan fingerprint density at radius 2 is 2.10 bits per heavy atom. The van der Waals surface area contributed by atoms with Crippen molar-refractivity contribution < 1.29 is 0 Å². The molecule has 114 valence electrons. The van der Waals surface area contributed by atoms with Crippen LogP contribution in [0.1, 0.15) is 62.6 Å². The van der Waals surface area contributed by atoms with Gasteiger partial charge < -0.3 is 5.32 Å². The second kappa shape index (κ2) is 8.14. The van der Waals surface area contributed by atoms with Gasteiger partial charge in [-0.25, -0.2) is 4.98 Å². The van der Waals surface area contributed by atoms with Crippen LogP contribution in [-0.2, 0) is 6.42 Å². The van der Waals surface area contributed by atoms with Crippen molar-refractivity contribution in [1.82, 2.24) is 10.3 Å². The Morgan fingerprint density at radius 3 is 2.65 bits per heavy atom. The lowest BCUT2D eigenvalue weighted by atomic mass is 9.76. The number of aryl methyl sites for hydroxylation is 1. The number of rotatable bonds is 7. The summed E-state index contributed by atoms with van der Waals surface area (Å²) in [6.07, 6.45) is 11.0. The third-order valence-electron chi connectivity index (χ3n) is 4.86. The van der Waals surface area contributed by atoms with Crippen LogP contribution in [0.2, 0.25) is 0 Å². The standard InChI is InChI=1S/C17H30N2S/c1-4-5-6-14-7-9-15(10-8-14)16(18-3)11-17-19-13(2)12-20-17/h12,14-16,18H,4-11H2,1-3H3. The van der Waals surface area contributed by atoms with E-state index in [-0.39, 0.29) is 0 Å². The average Bonchev–Trinajstić information content (AvgIpc) is 2.88. The predicted molar refractivity (Wildman–Crippen MR) is 88.4 cm³/mol. The second-order valence-corrected chi connectivity index (χ2v) is 7.35. The molecular weight excluding hydrogens is 264 g/mol. The van der Waals surface area contributed by atoms with E-state index < -0.39 is 0 Å². The van der Waals surface area contributed by atoms with Gasteiger partial charge >= 0.3 is 0 Å². The molecule has 1 saturated carbocycles. The van der Waals surface area contributed by atoms with Crippen LogP contribution in [0, 0.1) is 18.8 Å². The van der Waals surface area contributed by atoms with E-state index in [1.807, 2.05) is 11.3 Å². The lowest BCUT2D eigenvalue weighted by molar-refractivity contribution is 0.216. The maximum absolute atomic E-state index is 4.63. The highest BCUT2D eigenvalue weighted by Gasteiger charge is 2.27. The molecule has 1 aromatic heterocycles. The molecule has 1 aliphatic rings. The van der Waals surface area contributed by atoms with Gasteiger partial charge in [0.25, 0.3) is 0 Å². The van der Waals surface area contributed by atoms with Gasteiger partial charge in [0.15, 0.2) is 0 Å². The van der Waals surface area contributed by atoms with Gasteiger partial charge in [-0.15, -0.1) is 11.3 Å². The van der Waals surface area contributed by atoms with Crippen molar-refractivity contribution in [3.8, 4) is 0 Å². The fourth-order valence-corrected chi connectivity index (χ4v) is 4.39. The molecular formula is C17H30N2S. The molecule has 3 heteroatoms. The summed E-state index contributed by atoms with van der Waals surface area (Å²) in [7, 11) is 2.12. The Morgan fingerprint density at radius 1 is 1.35 bits per heavy atom. The summed E-state index contributed by atoms with van der Waals surface area (Å²) in [5, 5.41) is 7.03. The first-order valence-electron chi connectivity index (χ1n) is 8.31. The van der Waals surface area contributed by atoms with E-state index in [4.69, 9.17) is 0 Å². The number of unbranched alkanes of at least 4 members (excludes halogenated alkanes) is 1. The molecule has 0 spiro atoms. The van der Waals surface area contributed by atoms with E-state index in [2.05, 4.69) is 36.6 Å². The average molecular weight is 295 g/mol. The smallest absolute Gasteiger partial charge is 0.0943 e. The molecule has 0 bridgehead atoms. The maximum atomic E-state index is 4.63. The molecule has 2 rings (SSSR count). The number of nitrogens with one attached hydrogen (secondary N) is 1. The molecule has 1 atom stereocenters. The molecule has 0 saturated heterocycles. The van der Waals surface area contributed by atoms with E-state index in [1.54, 1.807) is 0 Å². The van der Waals surface area contributed by atoms with Crippen molar-refractivity contribution in [3.05, 3.63) is 16.1 Å². The Balaban J connectivity index is 1.81. The molecule has 1 heterocycles. The number of likely N-dealkylation sites (N-methyl/N-ethyl adjacent to an activating group) is 1. The fourth-order valence-electron chi connectivity index (χ4n) is 3.56. The third-order valence-corrected chi connectivity index (χ3v) is 5.85. The predicted octanol–water partition coefficient (Wildman–Crippen LogP) is 4.58. The van der Waals surface area contributed by atoms with Gasteiger partial charge in [0.2, 0.25) is 0 Å². The number of hydrogen-bond donors (Lipinski definition) is 1. The van der Waals surface area contributed by atoms with Crippen LogP contribution in [-0.4, -0.2) is 18.1 Å². The van der Waals surface area contributed by atoms with Crippen LogP contribution < -0.4 is 5.32 Å². The van der Waals surface area contributed by atoms with Crippen molar-refractivity contribution >= 4 is 11.3 Å². The van der Waals surface area contributed by atoms with Gasteiger partial charge in [-0.05, 0) is 38.6 Å². The quantitative estimate of drug-likeness (QED) is 0.796. The molecule has 2 nitrogen and oxygen atoms in total. The van der Waals surface area contributed by atoms with Crippen LogP contribution in [0.3, 0.4) is 0 Å². The topological polar surface area (TPSA) is 24.9 Å². The third kappa shape index (κ3) is 4.56. The molecule has 1 fully saturated rings. The molecule has 1 aliphatic carbocycles. The summed E-state index contributed by atoms with van der Waals surface area (Å²) in [6, 6.07) is 0.618. The van der Waals surface area contributed by atoms with Crippen LogP contribution in [0.25, 0.3) is 0 Å². The zero-order valence-electron chi connectivity index (χ0n) is 13.3. The molecule has 0 aliphatic heterocycles. The zero-order chi connectivity index (χ0) is 14.4. The molecule has 1 aromatic rings. The van der Waals surface area contributed by atoms with E-state index >= 15 is 0 Å². The van der Waals surface area contributed by atoms with Crippen LogP contribution in [0.15, 0.2) is 5.38 Å². The Kier molecular flexibility index (Phi) is 6.50. The summed E-state index contributed by atoms with van der Waals surface area (Å²) in [4.78, 5) is 4.63. The summed E-state index contributed by atoms with van der Waals surface area (Å²) in [6.45, 7) is 4.39. The van der Waals surface area contributed by atoms with Gasteiger partial charge in [-0.1, -0.05) is 39.0 Å². The van der Waals surface area contributed by atoms with Gasteiger partial charge in [0, 0.05) is 23.5 Å². The summed E-state index contributed by atoms with van der Waals surface area (Å²) < 4.78 is 0. The molecule has 1 unspecified atom stereocenters. The largest absolute Gasteiger partial charge is 0.316 e.